The molecule has 0 aromatic carbocycles. The number of hydrogen-bond acceptors (Lipinski definition) is 1. The summed E-state index contributed by atoms with van der Waals surface area (Å²) >= 11 is 8.90. The summed E-state index contributed by atoms with van der Waals surface area (Å²) in [7, 11) is 0. The van der Waals surface area contributed by atoms with E-state index in [0.29, 0.717) is 5.15 Å². The van der Waals surface area contributed by atoms with E-state index in [-0.39, 0.29) is 0 Å². The van der Waals surface area contributed by atoms with E-state index < -0.39 is 0 Å². The molecule has 0 saturated heterocycles. The average Bonchev–Trinajstić information content (AvgIpc) is 1.59. The Bertz CT molecular complexity index is 174. The lowest BCUT2D eigenvalue weighted by atomic mass is 10.4. The van der Waals surface area contributed by atoms with Crippen LogP contribution in [0.1, 0.15) is 5.69 Å². The van der Waals surface area contributed by atoms with Gasteiger partial charge in [0.05, 0.1) is 0 Å². The number of hydrogen-bond donors (Lipinski definition) is 0. The van der Waals surface area contributed by atoms with Crippen LogP contribution in [0.3, 0.4) is 0 Å². The van der Waals surface area contributed by atoms with Gasteiger partial charge < -0.3 is 0 Å². The summed E-state index contributed by atoms with van der Waals surface area (Å²) in [6, 6.07) is 3.67. The Labute approximate surface area is 67.2 Å². The van der Waals surface area contributed by atoms with Crippen LogP contribution in [0, 0.1) is 6.92 Å². The largest absolute Gasteiger partial charge is 0.241 e. The molecule has 1 aromatic rings. The Hall–Kier alpha value is -0.0800. The van der Waals surface area contributed by atoms with E-state index in [2.05, 4.69) is 20.9 Å². The fourth-order valence-corrected chi connectivity index (χ4v) is 1.52. The van der Waals surface area contributed by atoms with Crippen molar-refractivity contribution in [2.45, 2.75) is 6.92 Å². The molecule has 0 aliphatic carbocycles. The first kappa shape index (κ1) is 7.03. The molecule has 1 nitrogen and oxygen atoms in total. The Balaban J connectivity index is 3.17. The highest BCUT2D eigenvalue weighted by atomic mass is 79.9. The highest BCUT2D eigenvalue weighted by Crippen LogP contribution is 2.14. The molecule has 3 heteroatoms. The summed E-state index contributed by atoms with van der Waals surface area (Å²) in [6.07, 6.45) is 0. The summed E-state index contributed by atoms with van der Waals surface area (Å²) in [4.78, 5) is 3.97. The minimum atomic E-state index is 0.530. The predicted octanol–water partition coefficient (Wildman–Crippen LogP) is 2.81. The molecule has 0 N–H and O–H groups in total. The van der Waals surface area contributed by atoms with Crippen LogP contribution in [0.4, 0.5) is 0 Å². The first-order chi connectivity index (χ1) is 4.18. The maximum absolute atomic E-state index is 5.61. The van der Waals surface area contributed by atoms with E-state index in [0.717, 1.165) is 10.2 Å². The van der Waals surface area contributed by atoms with Gasteiger partial charge >= 0.3 is 0 Å². The fourth-order valence-electron chi connectivity index (χ4n) is 0.588. The molecule has 0 radical (unpaired) electrons. The normalized spacial score (nSPS) is 9.67. The van der Waals surface area contributed by atoms with E-state index in [4.69, 9.17) is 11.6 Å². The van der Waals surface area contributed by atoms with E-state index in [1.54, 1.807) is 6.07 Å². The van der Waals surface area contributed by atoms with Crippen molar-refractivity contribution in [3.8, 4) is 0 Å². The van der Waals surface area contributed by atoms with E-state index in [9.17, 15) is 0 Å². The SMILES string of the molecule is Cc1cc(Br)cc(Cl)n1. The minimum Gasteiger partial charge on any atom is -0.241 e. The summed E-state index contributed by atoms with van der Waals surface area (Å²) < 4.78 is 0.972. The lowest BCUT2D eigenvalue weighted by Crippen LogP contribution is -1.79. The Morgan fingerprint density at radius 3 is 2.67 bits per heavy atom. The van der Waals surface area contributed by atoms with Gasteiger partial charge in [-0.2, -0.15) is 0 Å². The minimum absolute atomic E-state index is 0.530. The van der Waals surface area contributed by atoms with E-state index in [1.165, 1.54) is 0 Å². The number of halogens is 2. The second-order valence-corrected chi connectivity index (χ2v) is 3.05. The molecule has 1 rings (SSSR count). The monoisotopic (exact) mass is 205 g/mol. The van der Waals surface area contributed by atoms with Gasteiger partial charge in [0.15, 0.2) is 0 Å². The summed E-state index contributed by atoms with van der Waals surface area (Å²) in [5.74, 6) is 0. The molecule has 0 saturated carbocycles. The van der Waals surface area contributed by atoms with Crippen LogP contribution in [-0.4, -0.2) is 4.98 Å². The van der Waals surface area contributed by atoms with Crippen LogP contribution >= 0.6 is 27.5 Å². The van der Waals surface area contributed by atoms with Gasteiger partial charge in [-0.15, -0.1) is 0 Å². The standard InChI is InChI=1S/C6H5BrClN/c1-4-2-5(7)3-6(8)9-4/h2-3H,1H3. The number of aryl methyl sites for hydroxylation is 1. The molecule has 1 heterocycles. The van der Waals surface area contributed by atoms with Gasteiger partial charge in [0, 0.05) is 10.2 Å². The molecule has 0 atom stereocenters. The van der Waals surface area contributed by atoms with Gasteiger partial charge in [0.25, 0.3) is 0 Å². The lowest BCUT2D eigenvalue weighted by molar-refractivity contribution is 1.19. The number of aromatic nitrogens is 1. The van der Waals surface area contributed by atoms with Crippen LogP contribution < -0.4 is 0 Å². The smallest absolute Gasteiger partial charge is 0.130 e. The third-order valence-corrected chi connectivity index (χ3v) is 1.54. The molecule has 0 fully saturated rings. The maximum Gasteiger partial charge on any atom is 0.130 e. The molecule has 0 aliphatic heterocycles. The zero-order valence-electron chi connectivity index (χ0n) is 4.86. The quantitative estimate of drug-likeness (QED) is 0.595. The van der Waals surface area contributed by atoms with Gasteiger partial charge in [-0.1, -0.05) is 27.5 Å². The van der Waals surface area contributed by atoms with Crippen LogP contribution in [0.15, 0.2) is 16.6 Å². The van der Waals surface area contributed by atoms with Crippen LogP contribution in [0.25, 0.3) is 0 Å². The van der Waals surface area contributed by atoms with Crippen LogP contribution in [0.5, 0.6) is 0 Å². The molecule has 0 unspecified atom stereocenters. The molecule has 0 aliphatic rings. The molecule has 9 heavy (non-hydrogen) atoms. The number of pyridine rings is 1. The lowest BCUT2D eigenvalue weighted by Gasteiger charge is -1.93. The Kier molecular flexibility index (Phi) is 2.09. The highest BCUT2D eigenvalue weighted by molar-refractivity contribution is 9.10. The van der Waals surface area contributed by atoms with Gasteiger partial charge in [-0.05, 0) is 19.1 Å². The van der Waals surface area contributed by atoms with Gasteiger partial charge in [0.1, 0.15) is 5.15 Å². The van der Waals surface area contributed by atoms with Crippen molar-refractivity contribution in [1.29, 1.82) is 0 Å². The van der Waals surface area contributed by atoms with Crippen molar-refractivity contribution < 1.29 is 0 Å². The summed E-state index contributed by atoms with van der Waals surface area (Å²) in [5, 5.41) is 0.530. The van der Waals surface area contributed by atoms with E-state index in [1.807, 2.05) is 13.0 Å². The van der Waals surface area contributed by atoms with Gasteiger partial charge in [-0.25, -0.2) is 4.98 Å². The Morgan fingerprint density at radius 2 is 2.22 bits per heavy atom. The third-order valence-electron chi connectivity index (χ3n) is 0.887. The summed E-state index contributed by atoms with van der Waals surface area (Å²) in [6.45, 7) is 1.90. The van der Waals surface area contributed by atoms with E-state index >= 15 is 0 Å². The molecule has 0 amide bonds. The molecular formula is C6H5BrClN. The zero-order chi connectivity index (χ0) is 6.85. The van der Waals surface area contributed by atoms with Crippen molar-refractivity contribution >= 4 is 27.5 Å². The average molecular weight is 206 g/mol. The molecule has 0 bridgehead atoms. The second-order valence-electron chi connectivity index (χ2n) is 1.75. The van der Waals surface area contributed by atoms with Crippen LogP contribution in [0.2, 0.25) is 5.15 Å². The van der Waals surface area contributed by atoms with Crippen molar-refractivity contribution in [1.82, 2.24) is 4.98 Å². The summed E-state index contributed by atoms with van der Waals surface area (Å²) in [5.41, 5.74) is 0.925. The first-order valence-electron chi connectivity index (χ1n) is 2.48. The predicted molar refractivity (Wildman–Crippen MR) is 41.7 cm³/mol. The zero-order valence-corrected chi connectivity index (χ0v) is 7.20. The Morgan fingerprint density at radius 1 is 1.56 bits per heavy atom. The van der Waals surface area contributed by atoms with Crippen molar-refractivity contribution in [2.75, 3.05) is 0 Å². The highest BCUT2D eigenvalue weighted by Gasteiger charge is 1.92. The topological polar surface area (TPSA) is 12.9 Å². The molecular weight excluding hydrogens is 201 g/mol. The number of nitrogens with zero attached hydrogens (tertiary/aromatic N) is 1. The first-order valence-corrected chi connectivity index (χ1v) is 3.65. The fraction of sp³-hybridized carbons (Fsp3) is 0.167. The molecule has 48 valence electrons. The van der Waals surface area contributed by atoms with Crippen molar-refractivity contribution in [3.63, 3.8) is 0 Å². The van der Waals surface area contributed by atoms with Crippen molar-refractivity contribution in [2.24, 2.45) is 0 Å². The molecule has 1 aromatic heterocycles. The van der Waals surface area contributed by atoms with Gasteiger partial charge in [-0.3, -0.25) is 0 Å². The number of rotatable bonds is 0. The van der Waals surface area contributed by atoms with Crippen molar-refractivity contribution in [3.05, 3.63) is 27.5 Å². The molecule has 0 spiro atoms. The second kappa shape index (κ2) is 2.67. The maximum atomic E-state index is 5.61. The van der Waals surface area contributed by atoms with Crippen LogP contribution in [-0.2, 0) is 0 Å². The third kappa shape index (κ3) is 1.95. The van der Waals surface area contributed by atoms with Gasteiger partial charge in [0.2, 0.25) is 0 Å².